The fraction of sp³-hybridized carbons (Fsp3) is 0.538. The van der Waals surface area contributed by atoms with Crippen molar-refractivity contribution in [3.8, 4) is 11.5 Å². The van der Waals surface area contributed by atoms with Gasteiger partial charge in [0.2, 0.25) is 0 Å². The Bertz CT molecular complexity index is 387. The number of anilines is 1. The highest BCUT2D eigenvalue weighted by molar-refractivity contribution is 6.32. The minimum Gasteiger partial charge on any atom is -0.495 e. The van der Waals surface area contributed by atoms with E-state index in [-0.39, 0.29) is 0 Å². The van der Waals surface area contributed by atoms with E-state index in [0.29, 0.717) is 42.9 Å². The molecule has 0 saturated carbocycles. The summed E-state index contributed by atoms with van der Waals surface area (Å²) in [6.45, 7) is 2.42. The minimum atomic E-state index is 0.515. The number of ether oxygens (including phenoxy) is 4. The van der Waals surface area contributed by atoms with Crippen LogP contribution in [0, 0.1) is 0 Å². The Morgan fingerprint density at radius 3 is 2.37 bits per heavy atom. The number of methoxy groups -OCH3 is 3. The second-order valence-electron chi connectivity index (χ2n) is 3.72. The van der Waals surface area contributed by atoms with Crippen molar-refractivity contribution in [2.45, 2.75) is 0 Å². The van der Waals surface area contributed by atoms with Crippen LogP contribution in [0.2, 0.25) is 5.02 Å². The van der Waals surface area contributed by atoms with Gasteiger partial charge in [-0.05, 0) is 0 Å². The monoisotopic (exact) mass is 289 g/mol. The molecule has 0 unspecified atom stereocenters. The summed E-state index contributed by atoms with van der Waals surface area (Å²) in [6, 6.07) is 3.52. The van der Waals surface area contributed by atoms with Crippen molar-refractivity contribution in [3.05, 3.63) is 17.2 Å². The quantitative estimate of drug-likeness (QED) is 0.708. The number of halogens is 1. The summed E-state index contributed by atoms with van der Waals surface area (Å²) in [4.78, 5) is 0. The van der Waals surface area contributed by atoms with E-state index in [1.54, 1.807) is 33.5 Å². The lowest BCUT2D eigenvalue weighted by atomic mass is 10.2. The highest BCUT2D eigenvalue weighted by Crippen LogP contribution is 2.35. The third-order valence-corrected chi connectivity index (χ3v) is 2.76. The second kappa shape index (κ2) is 8.85. The summed E-state index contributed by atoms with van der Waals surface area (Å²) in [5.41, 5.74) is 0.819. The fourth-order valence-corrected chi connectivity index (χ4v) is 1.73. The first-order valence-electron chi connectivity index (χ1n) is 5.95. The van der Waals surface area contributed by atoms with Crippen LogP contribution < -0.4 is 14.8 Å². The van der Waals surface area contributed by atoms with Gasteiger partial charge in [0.1, 0.15) is 11.5 Å². The van der Waals surface area contributed by atoms with E-state index in [4.69, 9.17) is 30.5 Å². The first-order chi connectivity index (χ1) is 9.22. The Labute approximate surface area is 118 Å². The minimum absolute atomic E-state index is 0.515. The molecule has 1 N–H and O–H groups in total. The van der Waals surface area contributed by atoms with Gasteiger partial charge in [-0.1, -0.05) is 11.6 Å². The molecule has 0 aliphatic heterocycles. The van der Waals surface area contributed by atoms with Gasteiger partial charge in [-0.15, -0.1) is 0 Å². The zero-order valence-electron chi connectivity index (χ0n) is 11.5. The molecule has 0 amide bonds. The highest BCUT2D eigenvalue weighted by Gasteiger charge is 2.09. The number of hydrogen-bond acceptors (Lipinski definition) is 5. The largest absolute Gasteiger partial charge is 0.495 e. The molecule has 1 aromatic carbocycles. The van der Waals surface area contributed by atoms with Crippen LogP contribution in [-0.4, -0.2) is 47.7 Å². The zero-order valence-corrected chi connectivity index (χ0v) is 12.3. The van der Waals surface area contributed by atoms with Crippen LogP contribution in [-0.2, 0) is 9.47 Å². The Balaban J connectivity index is 2.51. The van der Waals surface area contributed by atoms with Gasteiger partial charge in [0, 0.05) is 25.8 Å². The summed E-state index contributed by atoms with van der Waals surface area (Å²) in [5, 5.41) is 3.73. The number of hydrogen-bond donors (Lipinski definition) is 1. The molecule has 1 rings (SSSR count). The van der Waals surface area contributed by atoms with E-state index in [0.717, 1.165) is 5.69 Å². The van der Waals surface area contributed by atoms with Gasteiger partial charge in [0.05, 0.1) is 44.8 Å². The lowest BCUT2D eigenvalue weighted by molar-refractivity contribution is 0.0759. The number of rotatable bonds is 9. The number of benzene rings is 1. The third kappa shape index (κ3) is 5.14. The smallest absolute Gasteiger partial charge is 0.143 e. The van der Waals surface area contributed by atoms with E-state index < -0.39 is 0 Å². The second-order valence-corrected chi connectivity index (χ2v) is 4.13. The normalized spacial score (nSPS) is 10.3. The standard InChI is InChI=1S/C13H20ClNO4/c1-16-6-7-19-5-4-15-11-9-12(17-2)10(14)8-13(11)18-3/h8-9,15H,4-7H2,1-3H3. The summed E-state index contributed by atoms with van der Waals surface area (Å²) in [5.74, 6) is 1.27. The van der Waals surface area contributed by atoms with Gasteiger partial charge in [0.25, 0.3) is 0 Å². The fourth-order valence-electron chi connectivity index (χ4n) is 1.50. The first-order valence-corrected chi connectivity index (χ1v) is 6.32. The molecule has 0 spiro atoms. The SMILES string of the molecule is COCCOCCNc1cc(OC)c(Cl)cc1OC. The molecule has 0 aromatic heterocycles. The van der Waals surface area contributed by atoms with Crippen LogP contribution in [0.3, 0.4) is 0 Å². The Morgan fingerprint density at radius 1 is 1.00 bits per heavy atom. The topological polar surface area (TPSA) is 49.0 Å². The molecule has 5 nitrogen and oxygen atoms in total. The van der Waals surface area contributed by atoms with Gasteiger partial charge < -0.3 is 24.3 Å². The molecule has 108 valence electrons. The molecule has 6 heteroatoms. The molecule has 0 aliphatic rings. The molecule has 0 fully saturated rings. The van der Waals surface area contributed by atoms with Crippen LogP contribution in [0.5, 0.6) is 11.5 Å². The number of nitrogens with one attached hydrogen (secondary N) is 1. The van der Waals surface area contributed by atoms with Crippen LogP contribution in [0.1, 0.15) is 0 Å². The van der Waals surface area contributed by atoms with Gasteiger partial charge >= 0.3 is 0 Å². The maximum atomic E-state index is 6.03. The van der Waals surface area contributed by atoms with Crippen LogP contribution in [0.25, 0.3) is 0 Å². The summed E-state index contributed by atoms with van der Waals surface area (Å²) >= 11 is 6.03. The Kier molecular flexibility index (Phi) is 7.40. The van der Waals surface area contributed by atoms with E-state index in [1.807, 2.05) is 0 Å². The maximum Gasteiger partial charge on any atom is 0.143 e. The molecule has 19 heavy (non-hydrogen) atoms. The van der Waals surface area contributed by atoms with Crippen molar-refractivity contribution in [3.63, 3.8) is 0 Å². The maximum absolute atomic E-state index is 6.03. The summed E-state index contributed by atoms with van der Waals surface area (Å²) < 4.78 is 20.7. The highest BCUT2D eigenvalue weighted by atomic mass is 35.5. The predicted molar refractivity (Wildman–Crippen MR) is 75.7 cm³/mol. The van der Waals surface area contributed by atoms with Crippen LogP contribution >= 0.6 is 11.6 Å². The molecule has 0 radical (unpaired) electrons. The molecular formula is C13H20ClNO4. The van der Waals surface area contributed by atoms with E-state index >= 15 is 0 Å². The first kappa shape index (κ1) is 15.9. The zero-order chi connectivity index (χ0) is 14.1. The Hall–Kier alpha value is -1.17. The van der Waals surface area contributed by atoms with Crippen molar-refractivity contribution in [2.75, 3.05) is 53.0 Å². The molecule has 0 saturated heterocycles. The van der Waals surface area contributed by atoms with Crippen LogP contribution in [0.15, 0.2) is 12.1 Å². The van der Waals surface area contributed by atoms with Gasteiger partial charge in [-0.3, -0.25) is 0 Å². The van der Waals surface area contributed by atoms with E-state index in [1.165, 1.54) is 0 Å². The molecule has 0 bridgehead atoms. The van der Waals surface area contributed by atoms with Crippen molar-refractivity contribution in [1.82, 2.24) is 0 Å². The summed E-state index contributed by atoms with van der Waals surface area (Å²) in [7, 11) is 4.82. The van der Waals surface area contributed by atoms with Gasteiger partial charge in [-0.2, -0.15) is 0 Å². The molecule has 1 aromatic rings. The predicted octanol–water partition coefficient (Wildman–Crippen LogP) is 2.43. The van der Waals surface area contributed by atoms with Crippen molar-refractivity contribution < 1.29 is 18.9 Å². The van der Waals surface area contributed by atoms with E-state index in [2.05, 4.69) is 5.32 Å². The van der Waals surface area contributed by atoms with Crippen molar-refractivity contribution >= 4 is 17.3 Å². The van der Waals surface area contributed by atoms with E-state index in [9.17, 15) is 0 Å². The van der Waals surface area contributed by atoms with Gasteiger partial charge in [-0.25, -0.2) is 0 Å². The van der Waals surface area contributed by atoms with Crippen molar-refractivity contribution in [2.24, 2.45) is 0 Å². The average Bonchev–Trinajstić information content (AvgIpc) is 2.43. The Morgan fingerprint density at radius 2 is 1.74 bits per heavy atom. The third-order valence-electron chi connectivity index (χ3n) is 2.47. The molecule has 0 heterocycles. The lowest BCUT2D eigenvalue weighted by Crippen LogP contribution is -2.12. The molecule has 0 aliphatic carbocycles. The van der Waals surface area contributed by atoms with Gasteiger partial charge in [0.15, 0.2) is 0 Å². The molecule has 0 atom stereocenters. The average molecular weight is 290 g/mol. The molecular weight excluding hydrogens is 270 g/mol. The van der Waals surface area contributed by atoms with Crippen molar-refractivity contribution in [1.29, 1.82) is 0 Å². The summed E-state index contributed by atoms with van der Waals surface area (Å²) in [6.07, 6.45) is 0. The van der Waals surface area contributed by atoms with Crippen LogP contribution in [0.4, 0.5) is 5.69 Å². The lowest BCUT2D eigenvalue weighted by Gasteiger charge is -2.14.